The van der Waals surface area contributed by atoms with Crippen LogP contribution in [-0.4, -0.2) is 32.9 Å². The van der Waals surface area contributed by atoms with Crippen molar-refractivity contribution in [1.82, 2.24) is 4.90 Å². The topological polar surface area (TPSA) is 75.7 Å². The predicted octanol–water partition coefficient (Wildman–Crippen LogP) is 4.39. The summed E-state index contributed by atoms with van der Waals surface area (Å²) in [4.78, 5) is 15.7. The molecule has 0 aliphatic rings. The van der Waals surface area contributed by atoms with Crippen molar-refractivity contribution in [3.63, 3.8) is 0 Å². The van der Waals surface area contributed by atoms with Crippen molar-refractivity contribution in [2.75, 3.05) is 18.4 Å². The van der Waals surface area contributed by atoms with Crippen LogP contribution in [0.1, 0.15) is 15.2 Å². The van der Waals surface area contributed by atoms with Crippen molar-refractivity contribution in [2.45, 2.75) is 11.4 Å². The van der Waals surface area contributed by atoms with Gasteiger partial charge >= 0.3 is 0 Å². The normalized spacial score (nSPS) is 11.0. The van der Waals surface area contributed by atoms with Crippen LogP contribution >= 0.6 is 11.3 Å². The molecule has 0 saturated heterocycles. The van der Waals surface area contributed by atoms with Crippen LogP contribution in [0.5, 0.6) is 5.75 Å². The summed E-state index contributed by atoms with van der Waals surface area (Å²) in [6.07, 6.45) is 1.65. The molecule has 0 spiro atoms. The maximum atomic E-state index is 13.0. The quantitative estimate of drug-likeness (QED) is 0.499. The van der Waals surface area contributed by atoms with E-state index in [2.05, 4.69) is 11.3 Å². The number of rotatable bonds is 9. The number of nitrogens with one attached hydrogen (secondary N) is 1. The smallest absolute Gasteiger partial charge is 0.261 e. The highest BCUT2D eigenvalue weighted by atomic mass is 32.2. The van der Waals surface area contributed by atoms with Crippen LogP contribution in [0.3, 0.4) is 0 Å². The summed E-state index contributed by atoms with van der Waals surface area (Å²) in [5.41, 5.74) is 0.699. The predicted molar refractivity (Wildman–Crippen MR) is 120 cm³/mol. The third-order valence-electron chi connectivity index (χ3n) is 4.30. The Kier molecular flexibility index (Phi) is 6.91. The van der Waals surface area contributed by atoms with Crippen LogP contribution in [0.25, 0.3) is 0 Å². The fourth-order valence-electron chi connectivity index (χ4n) is 2.82. The molecule has 3 rings (SSSR count). The van der Waals surface area contributed by atoms with Gasteiger partial charge in [-0.25, -0.2) is 8.42 Å². The van der Waals surface area contributed by atoms with Gasteiger partial charge in [0.25, 0.3) is 15.9 Å². The van der Waals surface area contributed by atoms with Crippen LogP contribution in [0.4, 0.5) is 5.69 Å². The Balaban J connectivity index is 1.82. The Hall–Kier alpha value is -3.10. The molecule has 0 aliphatic heterocycles. The first kappa shape index (κ1) is 21.6. The van der Waals surface area contributed by atoms with Crippen molar-refractivity contribution in [3.8, 4) is 5.75 Å². The number of ether oxygens (including phenoxy) is 1. The molecular weight excluding hydrogens is 420 g/mol. The Morgan fingerprint density at radius 2 is 1.93 bits per heavy atom. The van der Waals surface area contributed by atoms with Crippen LogP contribution in [0.2, 0.25) is 0 Å². The zero-order chi connectivity index (χ0) is 21.6. The highest BCUT2D eigenvalue weighted by Gasteiger charge is 2.20. The van der Waals surface area contributed by atoms with Crippen LogP contribution in [0, 0.1) is 0 Å². The van der Waals surface area contributed by atoms with Gasteiger partial charge in [-0.1, -0.05) is 18.2 Å². The first-order valence-electron chi connectivity index (χ1n) is 9.12. The third-order valence-corrected chi connectivity index (χ3v) is 6.54. The third kappa shape index (κ3) is 5.28. The lowest BCUT2D eigenvalue weighted by Gasteiger charge is -2.21. The summed E-state index contributed by atoms with van der Waals surface area (Å²) in [6.45, 7) is 4.51. The van der Waals surface area contributed by atoms with Gasteiger partial charge in [-0.05, 0) is 53.9 Å². The minimum atomic E-state index is -3.86. The number of hydrogen-bond acceptors (Lipinski definition) is 5. The largest absolute Gasteiger partial charge is 0.497 e. The molecular formula is C22H22N2O4S2. The summed E-state index contributed by atoms with van der Waals surface area (Å²) >= 11 is 1.56. The minimum absolute atomic E-state index is 0.0128. The SMILES string of the molecule is C=CCN(Cc1cccs1)C(=O)c1cccc(S(=O)(=O)Nc2ccc(OC)cc2)c1. The van der Waals surface area contributed by atoms with Gasteiger partial charge in [-0.2, -0.15) is 0 Å². The zero-order valence-corrected chi connectivity index (χ0v) is 18.1. The molecule has 8 heteroatoms. The highest BCUT2D eigenvalue weighted by Crippen LogP contribution is 2.21. The molecule has 2 aromatic carbocycles. The second-order valence-electron chi connectivity index (χ2n) is 6.42. The standard InChI is InChI=1S/C22H22N2O4S2/c1-3-13-24(16-20-7-5-14-29-20)22(25)17-6-4-8-21(15-17)30(26,27)23-18-9-11-19(28-2)12-10-18/h3-12,14-15,23H,1,13,16H2,2H3. The second-order valence-corrected chi connectivity index (χ2v) is 9.13. The lowest BCUT2D eigenvalue weighted by molar-refractivity contribution is 0.0764. The number of hydrogen-bond donors (Lipinski definition) is 1. The van der Waals surface area contributed by atoms with E-state index in [1.807, 2.05) is 17.5 Å². The van der Waals surface area contributed by atoms with E-state index in [0.29, 0.717) is 30.1 Å². The van der Waals surface area contributed by atoms with Gasteiger partial charge in [0.1, 0.15) is 5.75 Å². The van der Waals surface area contributed by atoms with E-state index in [1.54, 1.807) is 58.7 Å². The van der Waals surface area contributed by atoms with E-state index in [-0.39, 0.29) is 10.8 Å². The van der Waals surface area contributed by atoms with Gasteiger partial charge in [0.2, 0.25) is 0 Å². The lowest BCUT2D eigenvalue weighted by atomic mass is 10.2. The molecule has 3 aromatic rings. The van der Waals surface area contributed by atoms with E-state index >= 15 is 0 Å². The summed E-state index contributed by atoms with van der Waals surface area (Å²) in [7, 11) is -2.32. The zero-order valence-electron chi connectivity index (χ0n) is 16.4. The molecule has 1 amide bonds. The molecule has 0 fully saturated rings. The van der Waals surface area contributed by atoms with E-state index in [0.717, 1.165) is 4.88 Å². The van der Waals surface area contributed by atoms with Crippen molar-refractivity contribution >= 4 is 33.0 Å². The van der Waals surface area contributed by atoms with Crippen molar-refractivity contribution < 1.29 is 17.9 Å². The van der Waals surface area contributed by atoms with Gasteiger partial charge in [0.15, 0.2) is 0 Å². The molecule has 156 valence electrons. The van der Waals surface area contributed by atoms with E-state index in [4.69, 9.17) is 4.74 Å². The molecule has 1 heterocycles. The van der Waals surface area contributed by atoms with Crippen LogP contribution in [0.15, 0.2) is 83.6 Å². The highest BCUT2D eigenvalue weighted by molar-refractivity contribution is 7.92. The van der Waals surface area contributed by atoms with Gasteiger partial charge in [-0.3, -0.25) is 9.52 Å². The molecule has 30 heavy (non-hydrogen) atoms. The number of anilines is 1. The number of carbonyl (C=O) groups excluding carboxylic acids is 1. The van der Waals surface area contributed by atoms with Crippen molar-refractivity contribution in [2.24, 2.45) is 0 Å². The van der Waals surface area contributed by atoms with Crippen LogP contribution in [-0.2, 0) is 16.6 Å². The van der Waals surface area contributed by atoms with Gasteiger partial charge < -0.3 is 9.64 Å². The van der Waals surface area contributed by atoms with E-state index in [1.165, 1.54) is 19.2 Å². The number of methoxy groups -OCH3 is 1. The molecule has 1 N–H and O–H groups in total. The molecule has 6 nitrogen and oxygen atoms in total. The molecule has 0 bridgehead atoms. The molecule has 0 saturated carbocycles. The van der Waals surface area contributed by atoms with Gasteiger partial charge in [-0.15, -0.1) is 17.9 Å². The Morgan fingerprint density at radius 1 is 1.17 bits per heavy atom. The fourth-order valence-corrected chi connectivity index (χ4v) is 4.64. The molecule has 0 aliphatic carbocycles. The first-order chi connectivity index (χ1) is 14.4. The van der Waals surface area contributed by atoms with Crippen molar-refractivity contribution in [1.29, 1.82) is 0 Å². The Morgan fingerprint density at radius 3 is 2.57 bits per heavy atom. The van der Waals surface area contributed by atoms with E-state index < -0.39 is 10.0 Å². The Labute approximate surface area is 180 Å². The van der Waals surface area contributed by atoms with Crippen LogP contribution < -0.4 is 9.46 Å². The minimum Gasteiger partial charge on any atom is -0.497 e. The Bertz CT molecular complexity index is 1110. The number of thiophene rings is 1. The van der Waals surface area contributed by atoms with Gasteiger partial charge in [0, 0.05) is 22.7 Å². The summed E-state index contributed by atoms with van der Waals surface area (Å²) < 4.78 is 33.2. The first-order valence-corrected chi connectivity index (χ1v) is 11.5. The molecule has 0 unspecified atom stereocenters. The number of nitrogens with zero attached hydrogens (tertiary/aromatic N) is 1. The maximum Gasteiger partial charge on any atom is 0.261 e. The second kappa shape index (κ2) is 9.60. The van der Waals surface area contributed by atoms with E-state index in [9.17, 15) is 13.2 Å². The molecule has 0 radical (unpaired) electrons. The molecule has 0 atom stereocenters. The number of sulfonamides is 1. The van der Waals surface area contributed by atoms with Crippen molar-refractivity contribution in [3.05, 3.63) is 89.1 Å². The average Bonchev–Trinajstić information content (AvgIpc) is 3.26. The fraction of sp³-hybridized carbons (Fsp3) is 0.136. The average molecular weight is 443 g/mol. The molecule has 1 aromatic heterocycles. The number of amides is 1. The summed E-state index contributed by atoms with van der Waals surface area (Å²) in [6, 6.07) is 16.4. The number of carbonyl (C=O) groups is 1. The van der Waals surface area contributed by atoms with Gasteiger partial charge in [0.05, 0.1) is 18.6 Å². The maximum absolute atomic E-state index is 13.0. The summed E-state index contributed by atoms with van der Waals surface area (Å²) in [5.74, 6) is 0.364. The summed E-state index contributed by atoms with van der Waals surface area (Å²) in [5, 5.41) is 1.95. The monoisotopic (exact) mass is 442 g/mol. The lowest BCUT2D eigenvalue weighted by Crippen LogP contribution is -2.30. The number of benzene rings is 2.